The molecule has 1 N–H and O–H groups in total. The summed E-state index contributed by atoms with van der Waals surface area (Å²) in [5.41, 5.74) is 3.63. The first-order valence-corrected chi connectivity index (χ1v) is 6.97. The monoisotopic (exact) mass is 307 g/mol. The summed E-state index contributed by atoms with van der Waals surface area (Å²) in [6.45, 7) is 7.01. The number of aryl methyl sites for hydroxylation is 3. The number of hydrogen-bond donors (Lipinski definition) is 1. The van der Waals surface area contributed by atoms with E-state index in [0.717, 1.165) is 28.1 Å². The molecule has 0 atom stereocenters. The number of nitrogens with one attached hydrogen (secondary N) is 1. The minimum Gasteiger partial charge on any atom is -0.464 e. The van der Waals surface area contributed by atoms with Gasteiger partial charge in [-0.3, -0.25) is 0 Å². The van der Waals surface area contributed by atoms with Crippen LogP contribution < -0.4 is 5.32 Å². The molecule has 0 saturated carbocycles. The Balaban J connectivity index is 2.10. The van der Waals surface area contributed by atoms with Crippen molar-refractivity contribution in [2.45, 2.75) is 33.7 Å². The minimum absolute atomic E-state index is 0.711. The fourth-order valence-electron chi connectivity index (χ4n) is 2.02. The molecule has 0 spiro atoms. The molecule has 2 aromatic rings. The van der Waals surface area contributed by atoms with Crippen molar-refractivity contribution in [3.63, 3.8) is 0 Å². The average molecular weight is 308 g/mol. The van der Waals surface area contributed by atoms with Crippen molar-refractivity contribution in [2.24, 2.45) is 0 Å². The molecule has 18 heavy (non-hydrogen) atoms. The van der Waals surface area contributed by atoms with Gasteiger partial charge in [-0.1, -0.05) is 13.0 Å². The maximum Gasteiger partial charge on any atom is 0.123 e. The van der Waals surface area contributed by atoms with E-state index in [1.165, 1.54) is 11.1 Å². The third-order valence-electron chi connectivity index (χ3n) is 2.94. The van der Waals surface area contributed by atoms with Crippen LogP contribution in [0.2, 0.25) is 0 Å². The normalized spacial score (nSPS) is 10.7. The van der Waals surface area contributed by atoms with Crippen LogP contribution in [-0.4, -0.2) is 0 Å². The number of halogens is 1. The van der Waals surface area contributed by atoms with E-state index in [9.17, 15) is 0 Å². The van der Waals surface area contributed by atoms with Crippen LogP contribution in [0.1, 0.15) is 29.6 Å². The zero-order chi connectivity index (χ0) is 13.1. The number of rotatable bonds is 4. The second-order valence-corrected chi connectivity index (χ2v) is 5.37. The minimum atomic E-state index is 0.711. The summed E-state index contributed by atoms with van der Waals surface area (Å²) < 4.78 is 6.78. The van der Waals surface area contributed by atoms with E-state index in [4.69, 9.17) is 4.42 Å². The van der Waals surface area contributed by atoms with E-state index in [-0.39, 0.29) is 0 Å². The molecule has 1 aromatic heterocycles. The lowest BCUT2D eigenvalue weighted by Crippen LogP contribution is -2.01. The van der Waals surface area contributed by atoms with Gasteiger partial charge in [-0.2, -0.15) is 0 Å². The van der Waals surface area contributed by atoms with E-state index in [2.05, 4.69) is 54.2 Å². The van der Waals surface area contributed by atoms with Gasteiger partial charge < -0.3 is 9.73 Å². The standard InChI is InChI=1S/C15H18BrNO/c1-4-12-5-6-13(18-12)9-17-15-11(3)7-10(2)8-14(15)16/h5-8,17H,4,9H2,1-3H3. The van der Waals surface area contributed by atoms with Gasteiger partial charge in [0.05, 0.1) is 12.2 Å². The lowest BCUT2D eigenvalue weighted by molar-refractivity contribution is 0.476. The molecular formula is C15H18BrNO. The van der Waals surface area contributed by atoms with Crippen LogP contribution in [0.25, 0.3) is 0 Å². The van der Waals surface area contributed by atoms with Crippen molar-refractivity contribution in [3.8, 4) is 0 Å². The first-order chi connectivity index (χ1) is 8.60. The molecule has 2 rings (SSSR count). The molecule has 96 valence electrons. The highest BCUT2D eigenvalue weighted by Crippen LogP contribution is 2.28. The lowest BCUT2D eigenvalue weighted by Gasteiger charge is -2.11. The van der Waals surface area contributed by atoms with E-state index < -0.39 is 0 Å². The summed E-state index contributed by atoms with van der Waals surface area (Å²) in [5.74, 6) is 2.00. The first-order valence-electron chi connectivity index (χ1n) is 6.18. The molecule has 3 heteroatoms. The number of furan rings is 1. The van der Waals surface area contributed by atoms with Crippen molar-refractivity contribution >= 4 is 21.6 Å². The highest BCUT2D eigenvalue weighted by Gasteiger charge is 2.06. The van der Waals surface area contributed by atoms with Gasteiger partial charge in [-0.15, -0.1) is 0 Å². The molecule has 0 amide bonds. The molecule has 0 fully saturated rings. The molecule has 0 unspecified atom stereocenters. The van der Waals surface area contributed by atoms with Crippen LogP contribution in [0, 0.1) is 13.8 Å². The highest BCUT2D eigenvalue weighted by molar-refractivity contribution is 9.10. The van der Waals surface area contributed by atoms with Gasteiger partial charge in [0, 0.05) is 10.9 Å². The summed E-state index contributed by atoms with van der Waals surface area (Å²) in [6, 6.07) is 8.36. The molecular weight excluding hydrogens is 290 g/mol. The number of benzene rings is 1. The van der Waals surface area contributed by atoms with Crippen LogP contribution in [0.15, 0.2) is 33.2 Å². The zero-order valence-corrected chi connectivity index (χ0v) is 12.6. The Kier molecular flexibility index (Phi) is 4.12. The molecule has 0 aliphatic heterocycles. The molecule has 1 heterocycles. The quantitative estimate of drug-likeness (QED) is 0.875. The summed E-state index contributed by atoms with van der Waals surface area (Å²) in [6.07, 6.45) is 0.938. The molecule has 1 aromatic carbocycles. The smallest absolute Gasteiger partial charge is 0.123 e. The largest absolute Gasteiger partial charge is 0.464 e. The van der Waals surface area contributed by atoms with Crippen LogP contribution in [-0.2, 0) is 13.0 Å². The fourth-order valence-corrected chi connectivity index (χ4v) is 2.84. The predicted molar refractivity (Wildman–Crippen MR) is 79.0 cm³/mol. The molecule has 0 aliphatic carbocycles. The Morgan fingerprint density at radius 3 is 2.50 bits per heavy atom. The Labute approximate surface area is 117 Å². The number of hydrogen-bond acceptors (Lipinski definition) is 2. The zero-order valence-electron chi connectivity index (χ0n) is 11.0. The van der Waals surface area contributed by atoms with Gasteiger partial charge >= 0.3 is 0 Å². The topological polar surface area (TPSA) is 25.2 Å². The Morgan fingerprint density at radius 1 is 1.17 bits per heavy atom. The van der Waals surface area contributed by atoms with Crippen LogP contribution >= 0.6 is 15.9 Å². The van der Waals surface area contributed by atoms with Crippen molar-refractivity contribution in [1.82, 2.24) is 0 Å². The first kappa shape index (κ1) is 13.2. The average Bonchev–Trinajstić information content (AvgIpc) is 2.75. The SMILES string of the molecule is CCc1ccc(CNc2c(C)cc(C)cc2Br)o1. The van der Waals surface area contributed by atoms with Gasteiger partial charge in [0.2, 0.25) is 0 Å². The van der Waals surface area contributed by atoms with Gasteiger partial charge in [0.15, 0.2) is 0 Å². The van der Waals surface area contributed by atoms with E-state index in [1.807, 2.05) is 12.1 Å². The van der Waals surface area contributed by atoms with Crippen molar-refractivity contribution < 1.29 is 4.42 Å². The Bertz CT molecular complexity index is 522. The second-order valence-electron chi connectivity index (χ2n) is 4.51. The van der Waals surface area contributed by atoms with Crippen LogP contribution in [0.4, 0.5) is 5.69 Å². The van der Waals surface area contributed by atoms with Crippen LogP contribution in [0.5, 0.6) is 0 Å². The molecule has 0 radical (unpaired) electrons. The van der Waals surface area contributed by atoms with E-state index in [1.54, 1.807) is 0 Å². The van der Waals surface area contributed by atoms with Crippen LogP contribution in [0.3, 0.4) is 0 Å². The maximum absolute atomic E-state index is 5.68. The van der Waals surface area contributed by atoms with Crippen molar-refractivity contribution in [3.05, 3.63) is 51.4 Å². The lowest BCUT2D eigenvalue weighted by atomic mass is 10.1. The van der Waals surface area contributed by atoms with E-state index in [0.29, 0.717) is 6.54 Å². The Morgan fingerprint density at radius 2 is 1.89 bits per heavy atom. The second kappa shape index (κ2) is 5.61. The summed E-state index contributed by atoms with van der Waals surface area (Å²) in [5, 5.41) is 3.42. The maximum atomic E-state index is 5.68. The van der Waals surface area contributed by atoms with Gasteiger partial charge in [0.1, 0.15) is 11.5 Å². The summed E-state index contributed by atoms with van der Waals surface area (Å²) in [4.78, 5) is 0. The van der Waals surface area contributed by atoms with E-state index >= 15 is 0 Å². The fraction of sp³-hybridized carbons (Fsp3) is 0.333. The summed E-state index contributed by atoms with van der Waals surface area (Å²) >= 11 is 3.60. The predicted octanol–water partition coefficient (Wildman–Crippen LogP) is 4.83. The van der Waals surface area contributed by atoms with Gasteiger partial charge in [-0.25, -0.2) is 0 Å². The molecule has 0 saturated heterocycles. The number of anilines is 1. The Hall–Kier alpha value is -1.22. The summed E-state index contributed by atoms with van der Waals surface area (Å²) in [7, 11) is 0. The highest BCUT2D eigenvalue weighted by atomic mass is 79.9. The third kappa shape index (κ3) is 2.96. The van der Waals surface area contributed by atoms with Crippen molar-refractivity contribution in [2.75, 3.05) is 5.32 Å². The molecule has 0 bridgehead atoms. The van der Waals surface area contributed by atoms with Crippen molar-refractivity contribution in [1.29, 1.82) is 0 Å². The molecule has 2 nitrogen and oxygen atoms in total. The third-order valence-corrected chi connectivity index (χ3v) is 3.56. The van der Waals surface area contributed by atoms with Gasteiger partial charge in [-0.05, 0) is 59.1 Å². The molecule has 0 aliphatic rings. The van der Waals surface area contributed by atoms with Gasteiger partial charge in [0.25, 0.3) is 0 Å².